The standard InChI is InChI=1S/C13H20N2/c1-10-7-11(2)13(12(3)8-10)15-6-5-14(4)9-15/h7-8H,5-6,9H2,1-4H3. The molecule has 0 unspecified atom stereocenters. The highest BCUT2D eigenvalue weighted by molar-refractivity contribution is 5.60. The number of nitrogens with zero attached hydrogens (tertiary/aromatic N) is 2. The summed E-state index contributed by atoms with van der Waals surface area (Å²) >= 11 is 0. The molecule has 0 bridgehead atoms. The van der Waals surface area contributed by atoms with Crippen molar-refractivity contribution in [2.75, 3.05) is 31.7 Å². The van der Waals surface area contributed by atoms with Gasteiger partial charge in [-0.2, -0.15) is 0 Å². The predicted octanol–water partition coefficient (Wildman–Crippen LogP) is 2.32. The van der Waals surface area contributed by atoms with Crippen LogP contribution in [0, 0.1) is 20.8 Å². The zero-order chi connectivity index (χ0) is 11.0. The summed E-state index contributed by atoms with van der Waals surface area (Å²) < 4.78 is 0. The average molecular weight is 204 g/mol. The zero-order valence-corrected chi connectivity index (χ0v) is 10.2. The maximum atomic E-state index is 2.48. The second-order valence-corrected chi connectivity index (χ2v) is 4.73. The summed E-state index contributed by atoms with van der Waals surface area (Å²) in [4.78, 5) is 4.84. The van der Waals surface area contributed by atoms with Crippen LogP contribution in [-0.4, -0.2) is 31.7 Å². The monoisotopic (exact) mass is 204 g/mol. The second-order valence-electron chi connectivity index (χ2n) is 4.73. The molecule has 2 nitrogen and oxygen atoms in total. The van der Waals surface area contributed by atoms with Gasteiger partial charge in [0, 0.05) is 18.8 Å². The van der Waals surface area contributed by atoms with E-state index in [4.69, 9.17) is 0 Å². The molecule has 0 spiro atoms. The van der Waals surface area contributed by atoms with Crippen LogP contribution in [0.5, 0.6) is 0 Å². The van der Waals surface area contributed by atoms with Gasteiger partial charge in [0.15, 0.2) is 0 Å². The average Bonchev–Trinajstić information content (AvgIpc) is 2.49. The van der Waals surface area contributed by atoms with E-state index in [1.807, 2.05) is 0 Å². The molecule has 0 amide bonds. The third kappa shape index (κ3) is 2.00. The molecule has 1 fully saturated rings. The van der Waals surface area contributed by atoms with Crippen molar-refractivity contribution in [3.8, 4) is 0 Å². The van der Waals surface area contributed by atoms with Crippen LogP contribution >= 0.6 is 0 Å². The topological polar surface area (TPSA) is 6.48 Å². The molecule has 0 aromatic heterocycles. The van der Waals surface area contributed by atoms with Crippen molar-refractivity contribution in [3.63, 3.8) is 0 Å². The SMILES string of the molecule is Cc1cc(C)c(N2CCN(C)C2)c(C)c1. The summed E-state index contributed by atoms with van der Waals surface area (Å²) in [5.41, 5.74) is 5.61. The Hall–Kier alpha value is -1.02. The lowest BCUT2D eigenvalue weighted by Crippen LogP contribution is -2.23. The van der Waals surface area contributed by atoms with Crippen LogP contribution in [-0.2, 0) is 0 Å². The van der Waals surface area contributed by atoms with Gasteiger partial charge >= 0.3 is 0 Å². The molecule has 2 heteroatoms. The van der Waals surface area contributed by atoms with E-state index in [-0.39, 0.29) is 0 Å². The number of hydrogen-bond acceptors (Lipinski definition) is 2. The third-order valence-corrected chi connectivity index (χ3v) is 3.12. The van der Waals surface area contributed by atoms with Crippen LogP contribution < -0.4 is 4.90 Å². The quantitative estimate of drug-likeness (QED) is 0.692. The zero-order valence-electron chi connectivity index (χ0n) is 10.2. The second kappa shape index (κ2) is 3.86. The van der Waals surface area contributed by atoms with Gasteiger partial charge in [-0.05, 0) is 38.9 Å². The van der Waals surface area contributed by atoms with Crippen molar-refractivity contribution in [1.29, 1.82) is 0 Å². The molecule has 0 saturated carbocycles. The molecule has 15 heavy (non-hydrogen) atoms. The molecular formula is C13H20N2. The van der Waals surface area contributed by atoms with Crippen molar-refractivity contribution >= 4 is 5.69 Å². The maximum Gasteiger partial charge on any atom is 0.0705 e. The van der Waals surface area contributed by atoms with E-state index >= 15 is 0 Å². The van der Waals surface area contributed by atoms with Gasteiger partial charge in [-0.25, -0.2) is 0 Å². The van der Waals surface area contributed by atoms with Gasteiger partial charge < -0.3 is 4.90 Å². The number of aryl methyl sites for hydroxylation is 3. The number of hydrogen-bond donors (Lipinski definition) is 0. The van der Waals surface area contributed by atoms with E-state index in [1.54, 1.807) is 0 Å². The Bertz CT molecular complexity index is 348. The summed E-state index contributed by atoms with van der Waals surface area (Å²) in [7, 11) is 2.18. The van der Waals surface area contributed by atoms with Crippen LogP contribution in [0.15, 0.2) is 12.1 Å². The Kier molecular flexibility index (Phi) is 2.70. The lowest BCUT2D eigenvalue weighted by molar-refractivity contribution is 0.421. The fraction of sp³-hybridized carbons (Fsp3) is 0.538. The van der Waals surface area contributed by atoms with Crippen molar-refractivity contribution < 1.29 is 0 Å². The van der Waals surface area contributed by atoms with Crippen molar-refractivity contribution in [2.24, 2.45) is 0 Å². The first-order valence-corrected chi connectivity index (χ1v) is 5.59. The highest BCUT2D eigenvalue weighted by Crippen LogP contribution is 2.27. The smallest absolute Gasteiger partial charge is 0.0705 e. The molecule has 0 aliphatic carbocycles. The fourth-order valence-electron chi connectivity index (χ4n) is 2.58. The Labute approximate surface area is 92.5 Å². The van der Waals surface area contributed by atoms with Gasteiger partial charge in [-0.15, -0.1) is 0 Å². The molecule has 1 aromatic carbocycles. The minimum absolute atomic E-state index is 1.06. The highest BCUT2D eigenvalue weighted by Gasteiger charge is 2.19. The van der Waals surface area contributed by atoms with Gasteiger partial charge in [0.25, 0.3) is 0 Å². The highest BCUT2D eigenvalue weighted by atomic mass is 15.4. The molecule has 1 aliphatic heterocycles. The fourth-order valence-corrected chi connectivity index (χ4v) is 2.58. The number of rotatable bonds is 1. The van der Waals surface area contributed by atoms with Gasteiger partial charge in [-0.1, -0.05) is 17.7 Å². The molecule has 1 aliphatic rings. The molecular weight excluding hydrogens is 184 g/mol. The molecule has 2 rings (SSSR count). The van der Waals surface area contributed by atoms with Crippen LogP contribution in [0.2, 0.25) is 0 Å². The van der Waals surface area contributed by atoms with Gasteiger partial charge in [0.05, 0.1) is 6.67 Å². The Balaban J connectivity index is 2.35. The minimum atomic E-state index is 1.06. The molecule has 1 heterocycles. The largest absolute Gasteiger partial charge is 0.357 e. The Morgan fingerprint density at radius 1 is 1.00 bits per heavy atom. The first kappa shape index (κ1) is 10.5. The normalized spacial score (nSPS) is 17.5. The minimum Gasteiger partial charge on any atom is -0.357 e. The first-order chi connectivity index (χ1) is 7.08. The van der Waals surface area contributed by atoms with Crippen molar-refractivity contribution in [2.45, 2.75) is 20.8 Å². The van der Waals surface area contributed by atoms with E-state index in [1.165, 1.54) is 28.9 Å². The lowest BCUT2D eigenvalue weighted by Gasteiger charge is -2.23. The van der Waals surface area contributed by atoms with Gasteiger partial charge in [0.1, 0.15) is 0 Å². The van der Waals surface area contributed by atoms with Crippen molar-refractivity contribution in [3.05, 3.63) is 28.8 Å². The van der Waals surface area contributed by atoms with E-state index in [9.17, 15) is 0 Å². The van der Waals surface area contributed by atoms with E-state index in [0.29, 0.717) is 0 Å². The van der Waals surface area contributed by atoms with Crippen molar-refractivity contribution in [1.82, 2.24) is 4.90 Å². The maximum absolute atomic E-state index is 2.48. The molecule has 0 radical (unpaired) electrons. The third-order valence-electron chi connectivity index (χ3n) is 3.12. The first-order valence-electron chi connectivity index (χ1n) is 5.59. The summed E-state index contributed by atoms with van der Waals surface area (Å²) in [5, 5.41) is 0. The van der Waals surface area contributed by atoms with E-state index < -0.39 is 0 Å². The van der Waals surface area contributed by atoms with E-state index in [0.717, 1.165) is 13.2 Å². The van der Waals surface area contributed by atoms with Gasteiger partial charge in [0.2, 0.25) is 0 Å². The predicted molar refractivity (Wildman–Crippen MR) is 65.5 cm³/mol. The Morgan fingerprint density at radius 2 is 1.60 bits per heavy atom. The summed E-state index contributed by atoms with van der Waals surface area (Å²) in [6, 6.07) is 4.56. The molecule has 0 N–H and O–H groups in total. The number of benzene rings is 1. The Morgan fingerprint density at radius 3 is 2.07 bits per heavy atom. The summed E-state index contributed by atoms with van der Waals surface area (Å²) in [6.07, 6.45) is 0. The summed E-state index contributed by atoms with van der Waals surface area (Å²) in [6.45, 7) is 9.99. The molecule has 1 aromatic rings. The number of anilines is 1. The number of likely N-dealkylation sites (N-methyl/N-ethyl adjacent to an activating group) is 1. The van der Waals surface area contributed by atoms with Gasteiger partial charge in [-0.3, -0.25) is 4.90 Å². The molecule has 0 atom stereocenters. The van der Waals surface area contributed by atoms with Crippen LogP contribution in [0.3, 0.4) is 0 Å². The van der Waals surface area contributed by atoms with E-state index in [2.05, 4.69) is 49.8 Å². The van der Waals surface area contributed by atoms with Crippen LogP contribution in [0.1, 0.15) is 16.7 Å². The van der Waals surface area contributed by atoms with Crippen LogP contribution in [0.4, 0.5) is 5.69 Å². The summed E-state index contributed by atoms with van der Waals surface area (Å²) in [5.74, 6) is 0. The molecule has 1 saturated heterocycles. The lowest BCUT2D eigenvalue weighted by atomic mass is 10.0. The van der Waals surface area contributed by atoms with Crippen LogP contribution in [0.25, 0.3) is 0 Å². The molecule has 82 valence electrons.